The van der Waals surface area contributed by atoms with E-state index in [1.54, 1.807) is 0 Å². The van der Waals surface area contributed by atoms with E-state index < -0.39 is 18.0 Å². The summed E-state index contributed by atoms with van der Waals surface area (Å²) in [6.07, 6.45) is 0.615. The van der Waals surface area contributed by atoms with Gasteiger partial charge >= 0.3 is 0 Å². The van der Waals surface area contributed by atoms with Crippen molar-refractivity contribution in [1.82, 2.24) is 0 Å². The minimum atomic E-state index is -0.767. The third-order valence-electron chi connectivity index (χ3n) is 2.80. The van der Waals surface area contributed by atoms with Crippen molar-refractivity contribution in [3.8, 4) is 5.75 Å². The summed E-state index contributed by atoms with van der Waals surface area (Å²) in [5, 5.41) is 19.0. The maximum absolute atomic E-state index is 13.5. The van der Waals surface area contributed by atoms with E-state index in [0.29, 0.717) is 12.3 Å². The molecule has 5 heteroatoms. The van der Waals surface area contributed by atoms with E-state index in [-0.39, 0.29) is 23.7 Å². The van der Waals surface area contributed by atoms with E-state index in [4.69, 9.17) is 10.8 Å². The molecule has 3 nitrogen and oxygen atoms in total. The number of aliphatic hydroxyl groups excluding tert-OH is 1. The first-order valence-electron chi connectivity index (χ1n) is 5.84. The molecule has 1 rings (SSSR count). The molecule has 4 N–H and O–H groups in total. The Morgan fingerprint density at radius 1 is 1.28 bits per heavy atom. The van der Waals surface area contributed by atoms with E-state index in [9.17, 15) is 9.50 Å². The zero-order chi connectivity index (χ0) is 13.0. The summed E-state index contributed by atoms with van der Waals surface area (Å²) in [5.74, 6) is -0.252. The fourth-order valence-electron chi connectivity index (χ4n) is 1.68. The lowest BCUT2D eigenvalue weighted by atomic mass is 9.95. The maximum Gasteiger partial charge on any atom is 0.131 e. The molecule has 0 spiro atoms. The average Bonchev–Trinajstić information content (AvgIpc) is 2.25. The molecule has 1 aromatic rings. The lowest BCUT2D eigenvalue weighted by molar-refractivity contribution is 0.127. The predicted molar refractivity (Wildman–Crippen MR) is 72.3 cm³/mol. The molecule has 0 radical (unpaired) electrons. The van der Waals surface area contributed by atoms with E-state index in [1.165, 1.54) is 12.1 Å². The Morgan fingerprint density at radius 2 is 1.89 bits per heavy atom. The van der Waals surface area contributed by atoms with Crippen LogP contribution in [0.25, 0.3) is 0 Å². The van der Waals surface area contributed by atoms with Crippen LogP contribution in [0.15, 0.2) is 18.2 Å². The molecule has 0 fully saturated rings. The number of nitrogens with two attached hydrogens (primary N) is 1. The van der Waals surface area contributed by atoms with E-state index in [0.717, 1.165) is 12.5 Å². The summed E-state index contributed by atoms with van der Waals surface area (Å²) in [7, 11) is 0. The second-order valence-corrected chi connectivity index (χ2v) is 4.77. The van der Waals surface area contributed by atoms with Crippen LogP contribution in [-0.4, -0.2) is 16.3 Å². The van der Waals surface area contributed by atoms with Gasteiger partial charge < -0.3 is 15.9 Å². The number of phenols is 1. The Labute approximate surface area is 113 Å². The van der Waals surface area contributed by atoms with Crippen molar-refractivity contribution in [1.29, 1.82) is 0 Å². The van der Waals surface area contributed by atoms with Gasteiger partial charge in [-0.15, -0.1) is 12.4 Å². The van der Waals surface area contributed by atoms with Gasteiger partial charge in [-0.1, -0.05) is 19.9 Å². The summed E-state index contributed by atoms with van der Waals surface area (Å²) >= 11 is 0. The topological polar surface area (TPSA) is 66.5 Å². The van der Waals surface area contributed by atoms with Crippen LogP contribution in [0, 0.1) is 11.7 Å². The standard InChI is InChI=1S/C13H20FNO2.ClH/c1-8(2)3-6-12(17)13(15)10-5-4-9(16)7-11(10)14;/h4-5,7-8,12-13,16-17H,3,6,15H2,1-2H3;1H/t12-,13+;/m1./s1. The highest BCUT2D eigenvalue weighted by Gasteiger charge is 2.20. The first-order chi connectivity index (χ1) is 7.91. The molecule has 0 aliphatic carbocycles. The molecule has 0 aliphatic heterocycles. The highest BCUT2D eigenvalue weighted by atomic mass is 35.5. The Balaban J connectivity index is 0.00000289. The number of benzene rings is 1. The van der Waals surface area contributed by atoms with Crippen molar-refractivity contribution < 1.29 is 14.6 Å². The first kappa shape index (κ1) is 17.2. The van der Waals surface area contributed by atoms with Crippen molar-refractivity contribution in [3.63, 3.8) is 0 Å². The monoisotopic (exact) mass is 277 g/mol. The number of aromatic hydroxyl groups is 1. The molecule has 0 bridgehead atoms. The van der Waals surface area contributed by atoms with E-state index in [2.05, 4.69) is 13.8 Å². The molecule has 0 aromatic heterocycles. The summed E-state index contributed by atoms with van der Waals surface area (Å²) in [6, 6.07) is 3.03. The summed E-state index contributed by atoms with van der Waals surface area (Å²) in [6.45, 7) is 4.11. The predicted octanol–water partition coefficient (Wildman–Crippen LogP) is 2.75. The van der Waals surface area contributed by atoms with Crippen LogP contribution in [0.1, 0.15) is 38.3 Å². The molecule has 2 atom stereocenters. The average molecular weight is 278 g/mol. The lowest BCUT2D eigenvalue weighted by Crippen LogP contribution is -2.27. The van der Waals surface area contributed by atoms with Crippen molar-refractivity contribution in [2.75, 3.05) is 0 Å². The molecule has 18 heavy (non-hydrogen) atoms. The zero-order valence-electron chi connectivity index (χ0n) is 10.6. The van der Waals surface area contributed by atoms with Crippen molar-refractivity contribution in [3.05, 3.63) is 29.6 Å². The van der Waals surface area contributed by atoms with Gasteiger partial charge in [-0.3, -0.25) is 0 Å². The first-order valence-corrected chi connectivity index (χ1v) is 5.84. The molecular formula is C13H21ClFNO2. The van der Waals surface area contributed by atoms with Gasteiger partial charge in [0.15, 0.2) is 0 Å². The highest BCUT2D eigenvalue weighted by Crippen LogP contribution is 2.24. The van der Waals surface area contributed by atoms with Crippen molar-refractivity contribution in [2.45, 2.75) is 38.8 Å². The largest absolute Gasteiger partial charge is 0.508 e. The summed E-state index contributed by atoms with van der Waals surface area (Å²) in [5.41, 5.74) is 6.04. The molecule has 0 aliphatic rings. The van der Waals surface area contributed by atoms with Gasteiger partial charge in [0.1, 0.15) is 11.6 Å². The third-order valence-corrected chi connectivity index (χ3v) is 2.80. The number of rotatable bonds is 5. The highest BCUT2D eigenvalue weighted by molar-refractivity contribution is 5.85. The minimum absolute atomic E-state index is 0. The molecule has 1 aromatic carbocycles. The normalized spacial score (nSPS) is 14.1. The van der Waals surface area contributed by atoms with Gasteiger partial charge in [0, 0.05) is 11.6 Å². The molecule has 0 saturated carbocycles. The lowest BCUT2D eigenvalue weighted by Gasteiger charge is -2.20. The summed E-state index contributed by atoms with van der Waals surface area (Å²) in [4.78, 5) is 0. The quantitative estimate of drug-likeness (QED) is 0.775. The van der Waals surface area contributed by atoms with Crippen LogP contribution >= 0.6 is 12.4 Å². The molecule has 0 unspecified atom stereocenters. The Morgan fingerprint density at radius 3 is 2.39 bits per heavy atom. The van der Waals surface area contributed by atoms with Crippen molar-refractivity contribution >= 4 is 12.4 Å². The molecule has 0 saturated heterocycles. The van der Waals surface area contributed by atoms with Gasteiger partial charge in [0.2, 0.25) is 0 Å². The van der Waals surface area contributed by atoms with Gasteiger partial charge in [0.25, 0.3) is 0 Å². The van der Waals surface area contributed by atoms with Crippen molar-refractivity contribution in [2.24, 2.45) is 11.7 Å². The number of phenolic OH excluding ortho intramolecular Hbond substituents is 1. The van der Waals surface area contributed by atoms with Crippen LogP contribution in [0.3, 0.4) is 0 Å². The number of halogens is 2. The Kier molecular flexibility index (Phi) is 7.21. The van der Waals surface area contributed by atoms with E-state index in [1.807, 2.05) is 0 Å². The minimum Gasteiger partial charge on any atom is -0.508 e. The molecule has 0 heterocycles. The fourth-order valence-corrected chi connectivity index (χ4v) is 1.68. The summed E-state index contributed by atoms with van der Waals surface area (Å²) < 4.78 is 13.5. The molecular weight excluding hydrogens is 257 g/mol. The van der Waals surface area contributed by atoms with Crippen LogP contribution in [0.4, 0.5) is 4.39 Å². The Hall–Kier alpha value is -0.840. The van der Waals surface area contributed by atoms with E-state index >= 15 is 0 Å². The number of aliphatic hydroxyl groups is 1. The maximum atomic E-state index is 13.5. The molecule has 104 valence electrons. The van der Waals surface area contributed by atoms with Crippen LogP contribution in [0.5, 0.6) is 5.75 Å². The number of hydrogen-bond donors (Lipinski definition) is 3. The second kappa shape index (κ2) is 7.56. The third kappa shape index (κ3) is 4.80. The molecule has 0 amide bonds. The van der Waals surface area contributed by atoms with Gasteiger partial charge in [-0.05, 0) is 24.8 Å². The fraction of sp³-hybridized carbons (Fsp3) is 0.538. The van der Waals surface area contributed by atoms with Gasteiger partial charge in [-0.2, -0.15) is 0 Å². The Bertz CT molecular complexity index is 374. The number of hydrogen-bond acceptors (Lipinski definition) is 3. The zero-order valence-corrected chi connectivity index (χ0v) is 11.5. The SMILES string of the molecule is CC(C)CC[C@@H](O)[C@@H](N)c1ccc(O)cc1F.Cl. The van der Waals surface area contributed by atoms with Crippen LogP contribution in [0.2, 0.25) is 0 Å². The van der Waals surface area contributed by atoms with Crippen LogP contribution in [-0.2, 0) is 0 Å². The smallest absolute Gasteiger partial charge is 0.131 e. The van der Waals surface area contributed by atoms with Gasteiger partial charge in [0.05, 0.1) is 12.1 Å². The van der Waals surface area contributed by atoms with Crippen LogP contribution < -0.4 is 5.73 Å². The second-order valence-electron chi connectivity index (χ2n) is 4.77. The van der Waals surface area contributed by atoms with Gasteiger partial charge in [-0.25, -0.2) is 4.39 Å².